The van der Waals surface area contributed by atoms with Crippen molar-refractivity contribution in [3.63, 3.8) is 0 Å². The first-order valence-electron chi connectivity index (χ1n) is 9.59. The van der Waals surface area contributed by atoms with Gasteiger partial charge in [0.15, 0.2) is 0 Å². The fourth-order valence-corrected chi connectivity index (χ4v) is 3.62. The lowest BCUT2D eigenvalue weighted by Crippen LogP contribution is -2.48. The molecule has 3 aromatic rings. The average Bonchev–Trinajstić information content (AvgIpc) is 3.20. The first kappa shape index (κ1) is 18.7. The van der Waals surface area contributed by atoms with Crippen LogP contribution in [0.25, 0.3) is 16.9 Å². The molecule has 28 heavy (non-hydrogen) atoms. The zero-order chi connectivity index (χ0) is 19.5. The number of aromatic nitrogens is 2. The standard InChI is InChI=1S/C22H23ClN4O/c1-2-25-12-14-26(15-13-25)22(28)21-16-20(17-6-4-3-5-7-17)24-27(21)19-10-8-18(23)9-11-19/h3-11,16H,2,12-15H2,1H3. The van der Waals surface area contributed by atoms with Crippen molar-refractivity contribution in [1.29, 1.82) is 0 Å². The summed E-state index contributed by atoms with van der Waals surface area (Å²) < 4.78 is 1.73. The molecule has 0 aliphatic carbocycles. The van der Waals surface area contributed by atoms with E-state index in [1.54, 1.807) is 4.68 Å². The fourth-order valence-electron chi connectivity index (χ4n) is 3.49. The molecule has 4 rings (SSSR count). The number of carbonyl (C=O) groups excluding carboxylic acids is 1. The van der Waals surface area contributed by atoms with Gasteiger partial charge in [-0.1, -0.05) is 48.9 Å². The summed E-state index contributed by atoms with van der Waals surface area (Å²) >= 11 is 6.04. The number of hydrogen-bond donors (Lipinski definition) is 0. The van der Waals surface area contributed by atoms with Crippen LogP contribution in [-0.2, 0) is 0 Å². The zero-order valence-corrected chi connectivity index (χ0v) is 16.6. The van der Waals surface area contributed by atoms with Gasteiger partial charge >= 0.3 is 0 Å². The van der Waals surface area contributed by atoms with Crippen molar-refractivity contribution in [3.8, 4) is 16.9 Å². The predicted octanol–water partition coefficient (Wildman–Crippen LogP) is 3.97. The summed E-state index contributed by atoms with van der Waals surface area (Å²) in [6.07, 6.45) is 0. The van der Waals surface area contributed by atoms with E-state index in [4.69, 9.17) is 16.7 Å². The molecule has 1 fully saturated rings. The highest BCUT2D eigenvalue weighted by Crippen LogP contribution is 2.24. The highest BCUT2D eigenvalue weighted by Gasteiger charge is 2.25. The van der Waals surface area contributed by atoms with E-state index < -0.39 is 0 Å². The molecule has 1 amide bonds. The molecule has 1 aliphatic rings. The van der Waals surface area contributed by atoms with Crippen LogP contribution in [0.5, 0.6) is 0 Å². The van der Waals surface area contributed by atoms with Crippen LogP contribution in [0.4, 0.5) is 0 Å². The lowest BCUT2D eigenvalue weighted by Gasteiger charge is -2.34. The highest BCUT2D eigenvalue weighted by atomic mass is 35.5. The van der Waals surface area contributed by atoms with Gasteiger partial charge in [-0.15, -0.1) is 0 Å². The van der Waals surface area contributed by atoms with Crippen LogP contribution in [0.1, 0.15) is 17.4 Å². The van der Waals surface area contributed by atoms with Crippen LogP contribution in [0.3, 0.4) is 0 Å². The van der Waals surface area contributed by atoms with E-state index in [1.165, 1.54) is 0 Å². The van der Waals surface area contributed by atoms with Crippen molar-refractivity contribution in [2.75, 3.05) is 32.7 Å². The van der Waals surface area contributed by atoms with Crippen LogP contribution < -0.4 is 0 Å². The minimum absolute atomic E-state index is 0.0142. The number of rotatable bonds is 4. The monoisotopic (exact) mass is 394 g/mol. The molecular weight excluding hydrogens is 372 g/mol. The van der Waals surface area contributed by atoms with Crippen LogP contribution in [-0.4, -0.2) is 58.2 Å². The summed E-state index contributed by atoms with van der Waals surface area (Å²) in [6, 6.07) is 19.2. The van der Waals surface area contributed by atoms with Gasteiger partial charge in [0.25, 0.3) is 5.91 Å². The Morgan fingerprint density at radius 2 is 1.68 bits per heavy atom. The van der Waals surface area contributed by atoms with E-state index in [-0.39, 0.29) is 5.91 Å². The first-order chi connectivity index (χ1) is 13.7. The average molecular weight is 395 g/mol. The van der Waals surface area contributed by atoms with Gasteiger partial charge in [0.1, 0.15) is 5.69 Å². The number of benzene rings is 2. The molecule has 6 heteroatoms. The second-order valence-electron chi connectivity index (χ2n) is 6.90. The number of carbonyl (C=O) groups is 1. The molecule has 0 radical (unpaired) electrons. The Labute approximate surface area is 170 Å². The Morgan fingerprint density at radius 3 is 2.32 bits per heavy atom. The summed E-state index contributed by atoms with van der Waals surface area (Å²) in [5, 5.41) is 5.40. The maximum atomic E-state index is 13.3. The molecule has 0 bridgehead atoms. The Kier molecular flexibility index (Phi) is 5.46. The Morgan fingerprint density at radius 1 is 1.00 bits per heavy atom. The molecule has 1 saturated heterocycles. The minimum Gasteiger partial charge on any atom is -0.335 e. The number of amides is 1. The van der Waals surface area contributed by atoms with E-state index >= 15 is 0 Å². The largest absolute Gasteiger partial charge is 0.335 e. The molecule has 5 nitrogen and oxygen atoms in total. The minimum atomic E-state index is 0.0142. The molecule has 1 aromatic heterocycles. The SMILES string of the molecule is CCN1CCN(C(=O)c2cc(-c3ccccc3)nn2-c2ccc(Cl)cc2)CC1. The third kappa shape index (κ3) is 3.81. The van der Waals surface area contributed by atoms with Gasteiger partial charge < -0.3 is 9.80 Å². The number of halogens is 1. The third-order valence-corrected chi connectivity index (χ3v) is 5.43. The number of hydrogen-bond acceptors (Lipinski definition) is 3. The third-order valence-electron chi connectivity index (χ3n) is 5.18. The topological polar surface area (TPSA) is 41.4 Å². The summed E-state index contributed by atoms with van der Waals surface area (Å²) in [4.78, 5) is 17.6. The van der Waals surface area contributed by atoms with Gasteiger partial charge in [0.2, 0.25) is 0 Å². The molecule has 0 N–H and O–H groups in total. The molecule has 0 spiro atoms. The second-order valence-corrected chi connectivity index (χ2v) is 7.33. The van der Waals surface area contributed by atoms with Crippen molar-refractivity contribution >= 4 is 17.5 Å². The maximum Gasteiger partial charge on any atom is 0.272 e. The lowest BCUT2D eigenvalue weighted by atomic mass is 10.1. The summed E-state index contributed by atoms with van der Waals surface area (Å²) in [6.45, 7) is 6.45. The van der Waals surface area contributed by atoms with Crippen LogP contribution in [0, 0.1) is 0 Å². The van der Waals surface area contributed by atoms with Gasteiger partial charge in [-0.3, -0.25) is 4.79 Å². The molecule has 1 aliphatic heterocycles. The Hall–Kier alpha value is -2.63. The summed E-state index contributed by atoms with van der Waals surface area (Å²) in [5.74, 6) is 0.0142. The highest BCUT2D eigenvalue weighted by molar-refractivity contribution is 6.30. The molecule has 0 atom stereocenters. The molecule has 2 heterocycles. The van der Waals surface area contributed by atoms with Gasteiger partial charge in [-0.2, -0.15) is 5.10 Å². The van der Waals surface area contributed by atoms with E-state index in [9.17, 15) is 4.79 Å². The van der Waals surface area contributed by atoms with Crippen LogP contribution in [0.15, 0.2) is 60.7 Å². The summed E-state index contributed by atoms with van der Waals surface area (Å²) in [7, 11) is 0. The maximum absolute atomic E-state index is 13.3. The smallest absolute Gasteiger partial charge is 0.272 e. The normalized spacial score (nSPS) is 15.0. The van der Waals surface area contributed by atoms with Crippen molar-refractivity contribution in [2.45, 2.75) is 6.92 Å². The van der Waals surface area contributed by atoms with E-state index in [0.717, 1.165) is 49.7 Å². The van der Waals surface area contributed by atoms with Crippen molar-refractivity contribution < 1.29 is 4.79 Å². The fraction of sp³-hybridized carbons (Fsp3) is 0.273. The van der Waals surface area contributed by atoms with Gasteiger partial charge in [0, 0.05) is 36.8 Å². The van der Waals surface area contributed by atoms with Crippen molar-refractivity contribution in [1.82, 2.24) is 19.6 Å². The molecule has 0 unspecified atom stereocenters. The Balaban J connectivity index is 1.71. The molecule has 144 valence electrons. The number of piperazine rings is 1. The lowest BCUT2D eigenvalue weighted by molar-refractivity contribution is 0.0634. The van der Waals surface area contributed by atoms with Crippen molar-refractivity contribution in [3.05, 3.63) is 71.4 Å². The van der Waals surface area contributed by atoms with Crippen LogP contribution >= 0.6 is 11.6 Å². The van der Waals surface area contributed by atoms with Crippen molar-refractivity contribution in [2.24, 2.45) is 0 Å². The van der Waals surface area contributed by atoms with E-state index in [2.05, 4.69) is 11.8 Å². The van der Waals surface area contributed by atoms with Gasteiger partial charge in [-0.25, -0.2) is 4.68 Å². The quantitative estimate of drug-likeness (QED) is 0.672. The van der Waals surface area contributed by atoms with E-state index in [0.29, 0.717) is 10.7 Å². The summed E-state index contributed by atoms with van der Waals surface area (Å²) in [5.41, 5.74) is 3.17. The van der Waals surface area contributed by atoms with Crippen LogP contribution in [0.2, 0.25) is 5.02 Å². The first-order valence-corrected chi connectivity index (χ1v) is 9.96. The molecular formula is C22H23ClN4O. The van der Waals surface area contributed by atoms with E-state index in [1.807, 2.05) is 65.6 Å². The predicted molar refractivity (Wildman–Crippen MR) is 112 cm³/mol. The molecule has 0 saturated carbocycles. The zero-order valence-electron chi connectivity index (χ0n) is 15.9. The van der Waals surface area contributed by atoms with Gasteiger partial charge in [0.05, 0.1) is 11.4 Å². The van der Waals surface area contributed by atoms with Gasteiger partial charge in [-0.05, 0) is 36.9 Å². The second kappa shape index (κ2) is 8.17. The number of likely N-dealkylation sites (N-methyl/N-ethyl adjacent to an activating group) is 1. The number of nitrogens with zero attached hydrogens (tertiary/aromatic N) is 4. The Bertz CT molecular complexity index is 944. The molecule has 2 aromatic carbocycles.